The number of Topliss-reactive ketones (excluding diaryl/α,β-unsaturated/α-hetero) is 1. The van der Waals surface area contributed by atoms with E-state index < -0.39 is 10.0 Å². The predicted molar refractivity (Wildman–Crippen MR) is 108 cm³/mol. The van der Waals surface area contributed by atoms with Crippen molar-refractivity contribution in [3.05, 3.63) is 59.2 Å². The van der Waals surface area contributed by atoms with Gasteiger partial charge in [-0.2, -0.15) is 0 Å². The predicted octanol–water partition coefficient (Wildman–Crippen LogP) is 3.08. The summed E-state index contributed by atoms with van der Waals surface area (Å²) < 4.78 is 27.2. The van der Waals surface area contributed by atoms with Gasteiger partial charge in [-0.25, -0.2) is 13.1 Å². The number of rotatable bonds is 7. The number of ketones is 1. The molecule has 0 atom stereocenters. The second-order valence-corrected chi connectivity index (χ2v) is 8.70. The Hall–Kier alpha value is -2.51. The normalized spacial score (nSPS) is 13.6. The van der Waals surface area contributed by atoms with Crippen molar-refractivity contribution in [2.75, 3.05) is 11.9 Å². The van der Waals surface area contributed by atoms with Crippen LogP contribution in [0.5, 0.6) is 0 Å². The van der Waals surface area contributed by atoms with Gasteiger partial charge in [-0.05, 0) is 61.9 Å². The molecule has 6 nitrogen and oxygen atoms in total. The quantitative estimate of drug-likeness (QED) is 0.699. The number of nitrogens with one attached hydrogen (secondary N) is 2. The van der Waals surface area contributed by atoms with Crippen molar-refractivity contribution in [3.63, 3.8) is 0 Å². The van der Waals surface area contributed by atoms with Gasteiger partial charge in [-0.15, -0.1) is 0 Å². The van der Waals surface area contributed by atoms with Gasteiger partial charge >= 0.3 is 0 Å². The monoisotopic (exact) mass is 400 g/mol. The lowest BCUT2D eigenvalue weighted by atomic mass is 9.90. The van der Waals surface area contributed by atoms with Crippen LogP contribution in [-0.4, -0.2) is 26.7 Å². The summed E-state index contributed by atoms with van der Waals surface area (Å²) >= 11 is 0. The minimum Gasteiger partial charge on any atom is -0.326 e. The summed E-state index contributed by atoms with van der Waals surface area (Å²) in [6, 6.07) is 11.8. The lowest BCUT2D eigenvalue weighted by Crippen LogP contribution is -2.28. The van der Waals surface area contributed by atoms with Crippen LogP contribution in [0.4, 0.5) is 5.69 Å². The number of fused-ring (bicyclic) bond motifs is 1. The van der Waals surface area contributed by atoms with Crippen LogP contribution in [0.25, 0.3) is 0 Å². The third-order valence-corrected chi connectivity index (χ3v) is 6.32. The first-order valence-corrected chi connectivity index (χ1v) is 10.9. The summed E-state index contributed by atoms with van der Waals surface area (Å²) in [4.78, 5) is 23.7. The summed E-state index contributed by atoms with van der Waals surface area (Å²) in [5.74, 6) is -0.443. The molecule has 0 saturated heterocycles. The van der Waals surface area contributed by atoms with Crippen molar-refractivity contribution >= 4 is 27.4 Å². The molecule has 0 aliphatic heterocycles. The number of benzene rings is 2. The number of aryl methyl sites for hydroxylation is 1. The molecule has 28 heavy (non-hydrogen) atoms. The van der Waals surface area contributed by atoms with Crippen molar-refractivity contribution in [3.8, 4) is 0 Å². The topological polar surface area (TPSA) is 92.3 Å². The summed E-state index contributed by atoms with van der Waals surface area (Å²) in [5.41, 5.74) is 3.60. The van der Waals surface area contributed by atoms with E-state index in [0.29, 0.717) is 5.56 Å². The highest BCUT2D eigenvalue weighted by Crippen LogP contribution is 2.27. The van der Waals surface area contributed by atoms with Crippen LogP contribution < -0.4 is 10.0 Å². The molecule has 1 amide bonds. The van der Waals surface area contributed by atoms with Gasteiger partial charge in [0.1, 0.15) is 0 Å². The summed E-state index contributed by atoms with van der Waals surface area (Å²) in [5, 5.41) is 2.90. The maximum atomic E-state index is 12.4. The van der Waals surface area contributed by atoms with Crippen LogP contribution >= 0.6 is 0 Å². The third-order valence-electron chi connectivity index (χ3n) is 4.87. The lowest BCUT2D eigenvalue weighted by molar-refractivity contribution is -0.116. The zero-order chi connectivity index (χ0) is 20.1. The first kappa shape index (κ1) is 20.2. The molecular formula is C21H24N2O4S. The van der Waals surface area contributed by atoms with Crippen LogP contribution in [0.3, 0.4) is 0 Å². The van der Waals surface area contributed by atoms with E-state index >= 15 is 0 Å². The standard InChI is InChI=1S/C21H24N2O4S/c1-15(24)17-8-4-9-18(14-17)28(26,27)22-13-12-21(25)23-20-11-5-7-16-6-2-3-10-19(16)20/h4-5,7-9,11,14,22H,2-3,6,10,12-13H2,1H3,(H,23,25). The van der Waals surface area contributed by atoms with Crippen molar-refractivity contribution in [2.24, 2.45) is 0 Å². The molecule has 2 N–H and O–H groups in total. The highest BCUT2D eigenvalue weighted by atomic mass is 32.2. The van der Waals surface area contributed by atoms with Gasteiger partial charge in [-0.3, -0.25) is 9.59 Å². The van der Waals surface area contributed by atoms with E-state index in [-0.39, 0.29) is 29.6 Å². The van der Waals surface area contributed by atoms with Gasteiger partial charge in [0, 0.05) is 24.2 Å². The van der Waals surface area contributed by atoms with E-state index in [1.54, 1.807) is 6.07 Å². The molecule has 2 aromatic carbocycles. The number of amides is 1. The maximum Gasteiger partial charge on any atom is 0.240 e. The van der Waals surface area contributed by atoms with Gasteiger partial charge in [0.05, 0.1) is 4.90 Å². The van der Waals surface area contributed by atoms with Gasteiger partial charge < -0.3 is 5.32 Å². The number of carbonyl (C=O) groups excluding carboxylic acids is 2. The minimum atomic E-state index is -3.78. The fourth-order valence-corrected chi connectivity index (χ4v) is 4.45. The summed E-state index contributed by atoms with van der Waals surface area (Å²) in [6.45, 7) is 1.36. The largest absolute Gasteiger partial charge is 0.326 e. The van der Waals surface area contributed by atoms with E-state index in [1.165, 1.54) is 36.2 Å². The smallest absolute Gasteiger partial charge is 0.240 e. The van der Waals surface area contributed by atoms with Crippen LogP contribution in [-0.2, 0) is 27.7 Å². The van der Waals surface area contributed by atoms with Crippen LogP contribution in [0.2, 0.25) is 0 Å². The van der Waals surface area contributed by atoms with Crippen LogP contribution in [0.15, 0.2) is 47.4 Å². The second kappa shape index (κ2) is 8.67. The van der Waals surface area contributed by atoms with Crippen LogP contribution in [0, 0.1) is 0 Å². The lowest BCUT2D eigenvalue weighted by Gasteiger charge is -2.19. The van der Waals surface area contributed by atoms with E-state index in [1.807, 2.05) is 12.1 Å². The minimum absolute atomic E-state index is 0.0118. The molecule has 2 aromatic rings. The molecule has 0 spiro atoms. The molecule has 1 aliphatic rings. The molecule has 0 aromatic heterocycles. The van der Waals surface area contributed by atoms with Gasteiger partial charge in [0.25, 0.3) is 0 Å². The molecule has 0 bridgehead atoms. The fourth-order valence-electron chi connectivity index (χ4n) is 3.38. The SMILES string of the molecule is CC(=O)c1cccc(S(=O)(=O)NCCC(=O)Nc2cccc3c2CCCC3)c1. The first-order chi connectivity index (χ1) is 13.4. The molecule has 0 fully saturated rings. The molecule has 0 radical (unpaired) electrons. The Morgan fingerprint density at radius 1 is 1.04 bits per heavy atom. The first-order valence-electron chi connectivity index (χ1n) is 9.38. The Morgan fingerprint density at radius 2 is 1.79 bits per heavy atom. The number of sulfonamides is 1. The molecule has 1 aliphatic carbocycles. The summed E-state index contributed by atoms with van der Waals surface area (Å²) in [7, 11) is -3.78. The molecule has 0 saturated carbocycles. The fraction of sp³-hybridized carbons (Fsp3) is 0.333. The number of carbonyl (C=O) groups is 2. The summed E-state index contributed by atoms with van der Waals surface area (Å²) in [6.07, 6.45) is 4.27. The highest BCUT2D eigenvalue weighted by molar-refractivity contribution is 7.89. The zero-order valence-corrected chi connectivity index (χ0v) is 16.6. The van der Waals surface area contributed by atoms with Crippen molar-refractivity contribution in [1.82, 2.24) is 4.72 Å². The van der Waals surface area contributed by atoms with Crippen molar-refractivity contribution < 1.29 is 18.0 Å². The van der Waals surface area contributed by atoms with E-state index in [0.717, 1.165) is 31.4 Å². The Bertz CT molecular complexity index is 999. The van der Waals surface area contributed by atoms with E-state index in [9.17, 15) is 18.0 Å². The average molecular weight is 401 g/mol. The van der Waals surface area contributed by atoms with Crippen molar-refractivity contribution in [2.45, 2.75) is 43.9 Å². The second-order valence-electron chi connectivity index (χ2n) is 6.93. The molecular weight excluding hydrogens is 376 g/mol. The van der Waals surface area contributed by atoms with E-state index in [4.69, 9.17) is 0 Å². The zero-order valence-electron chi connectivity index (χ0n) is 15.8. The van der Waals surface area contributed by atoms with Gasteiger partial charge in [0.2, 0.25) is 15.9 Å². The molecule has 0 heterocycles. The van der Waals surface area contributed by atoms with Crippen molar-refractivity contribution in [1.29, 1.82) is 0 Å². The van der Waals surface area contributed by atoms with Gasteiger partial charge in [-0.1, -0.05) is 24.3 Å². The van der Waals surface area contributed by atoms with E-state index in [2.05, 4.69) is 16.1 Å². The molecule has 7 heteroatoms. The maximum absolute atomic E-state index is 12.4. The van der Waals surface area contributed by atoms with Crippen LogP contribution in [0.1, 0.15) is 47.7 Å². The highest BCUT2D eigenvalue weighted by Gasteiger charge is 2.17. The third kappa shape index (κ3) is 4.85. The Labute approximate surface area is 165 Å². The molecule has 0 unspecified atom stereocenters. The number of anilines is 1. The average Bonchev–Trinajstić information content (AvgIpc) is 2.68. The molecule has 3 rings (SSSR count). The Balaban J connectivity index is 1.58. The molecule has 148 valence electrons. The number of hydrogen-bond acceptors (Lipinski definition) is 4. The Kier molecular flexibility index (Phi) is 6.26. The van der Waals surface area contributed by atoms with Gasteiger partial charge in [0.15, 0.2) is 5.78 Å². The number of hydrogen-bond donors (Lipinski definition) is 2. The Morgan fingerprint density at radius 3 is 2.57 bits per heavy atom.